The van der Waals surface area contributed by atoms with Gasteiger partial charge in [0.05, 0.1) is 13.4 Å². The normalized spacial score (nSPS) is 28.7. The lowest BCUT2D eigenvalue weighted by Crippen LogP contribution is -2.66. The molecule has 2 unspecified atom stereocenters. The van der Waals surface area contributed by atoms with Crippen LogP contribution in [0.25, 0.3) is 0 Å². The largest absolute Gasteiger partial charge is 0.468 e. The van der Waals surface area contributed by atoms with Gasteiger partial charge in [-0.05, 0) is 18.4 Å². The summed E-state index contributed by atoms with van der Waals surface area (Å²) in [5, 5.41) is 0. The number of fused-ring (bicyclic) bond motifs is 2. The Morgan fingerprint density at radius 2 is 2.04 bits per heavy atom. The number of hydrogen-bond acceptors (Lipinski definition) is 5. The van der Waals surface area contributed by atoms with Gasteiger partial charge in [0.1, 0.15) is 5.54 Å². The molecular formula is C16H22N2O4S. The maximum Gasteiger partial charge on any atom is 0.328 e. The third kappa shape index (κ3) is 2.88. The molecule has 2 fully saturated rings. The van der Waals surface area contributed by atoms with Crippen LogP contribution in [0, 0.1) is 0 Å². The Labute approximate surface area is 137 Å². The Morgan fingerprint density at radius 1 is 1.35 bits per heavy atom. The SMILES string of the molecule is COC(=O)C12CCC(CN(Cc3ccccc3)C1)N2S(C)(=O)=O. The van der Waals surface area contributed by atoms with Crippen molar-refractivity contribution in [1.82, 2.24) is 9.21 Å². The van der Waals surface area contributed by atoms with Gasteiger partial charge in [0.2, 0.25) is 10.0 Å². The van der Waals surface area contributed by atoms with Crippen LogP contribution in [-0.2, 0) is 26.1 Å². The number of methoxy groups -OCH3 is 1. The van der Waals surface area contributed by atoms with E-state index in [2.05, 4.69) is 4.90 Å². The van der Waals surface area contributed by atoms with Gasteiger partial charge in [-0.25, -0.2) is 13.2 Å². The second-order valence-electron chi connectivity index (χ2n) is 6.43. The molecule has 1 aromatic carbocycles. The van der Waals surface area contributed by atoms with Crippen molar-refractivity contribution in [2.45, 2.75) is 31.0 Å². The summed E-state index contributed by atoms with van der Waals surface area (Å²) in [7, 11) is -2.15. The van der Waals surface area contributed by atoms with Gasteiger partial charge in [-0.2, -0.15) is 4.31 Å². The molecule has 2 aliphatic rings. The highest BCUT2D eigenvalue weighted by atomic mass is 32.2. The molecule has 2 aliphatic heterocycles. The van der Waals surface area contributed by atoms with Gasteiger partial charge >= 0.3 is 5.97 Å². The van der Waals surface area contributed by atoms with Gasteiger partial charge in [-0.1, -0.05) is 30.3 Å². The lowest BCUT2D eigenvalue weighted by Gasteiger charge is -2.45. The standard InChI is InChI=1S/C16H22N2O4S/c1-22-15(19)16-9-8-14(18(16)23(2,20)21)11-17(12-16)10-13-6-4-3-5-7-13/h3-7,14H,8-12H2,1-2H3. The third-order valence-corrected chi connectivity index (χ3v) is 6.13. The molecule has 2 heterocycles. The number of sulfonamides is 1. The van der Waals surface area contributed by atoms with Gasteiger partial charge in [-0.3, -0.25) is 4.90 Å². The summed E-state index contributed by atoms with van der Waals surface area (Å²) in [6, 6.07) is 9.83. The quantitative estimate of drug-likeness (QED) is 0.761. The molecule has 7 heteroatoms. The molecule has 0 aliphatic carbocycles. The first-order chi connectivity index (χ1) is 10.9. The number of carbonyl (C=O) groups excluding carboxylic acids is 1. The highest BCUT2D eigenvalue weighted by molar-refractivity contribution is 7.88. The van der Waals surface area contributed by atoms with E-state index in [1.165, 1.54) is 17.7 Å². The predicted octanol–water partition coefficient (Wildman–Crippen LogP) is 0.838. The molecule has 126 valence electrons. The van der Waals surface area contributed by atoms with Crippen LogP contribution < -0.4 is 0 Å². The summed E-state index contributed by atoms with van der Waals surface area (Å²) in [6.07, 6.45) is 2.38. The summed E-state index contributed by atoms with van der Waals surface area (Å²) in [5.41, 5.74) is 0.0692. The molecule has 2 atom stereocenters. The maximum atomic E-state index is 12.4. The first-order valence-corrected chi connectivity index (χ1v) is 9.56. The smallest absolute Gasteiger partial charge is 0.328 e. The summed E-state index contributed by atoms with van der Waals surface area (Å²) in [5.74, 6) is -0.455. The Kier molecular flexibility index (Phi) is 4.20. The molecule has 0 spiro atoms. The third-order valence-electron chi connectivity index (χ3n) is 4.77. The molecule has 3 rings (SSSR count). The van der Waals surface area contributed by atoms with Gasteiger partial charge < -0.3 is 4.74 Å². The summed E-state index contributed by atoms with van der Waals surface area (Å²) in [4.78, 5) is 14.6. The van der Waals surface area contributed by atoms with Gasteiger partial charge in [0.15, 0.2) is 0 Å². The number of hydrogen-bond donors (Lipinski definition) is 0. The van der Waals surface area contributed by atoms with Crippen molar-refractivity contribution in [2.24, 2.45) is 0 Å². The van der Waals surface area contributed by atoms with Crippen LogP contribution in [-0.4, -0.2) is 61.6 Å². The Morgan fingerprint density at radius 3 is 2.65 bits per heavy atom. The van der Waals surface area contributed by atoms with Gasteiger partial charge in [0, 0.05) is 25.7 Å². The molecule has 0 aromatic heterocycles. The predicted molar refractivity (Wildman–Crippen MR) is 86.2 cm³/mol. The van der Waals surface area contributed by atoms with Crippen LogP contribution in [0.15, 0.2) is 30.3 Å². The molecule has 6 nitrogen and oxygen atoms in total. The first kappa shape index (κ1) is 16.4. The lowest BCUT2D eigenvalue weighted by molar-refractivity contribution is -0.154. The average Bonchev–Trinajstić information content (AvgIpc) is 2.77. The number of esters is 1. The molecular weight excluding hydrogens is 316 g/mol. The van der Waals surface area contributed by atoms with Crippen LogP contribution in [0.5, 0.6) is 0 Å². The van der Waals surface area contributed by atoms with E-state index in [1.54, 1.807) is 0 Å². The van der Waals surface area contributed by atoms with Crippen LogP contribution in [0.2, 0.25) is 0 Å². The van der Waals surface area contributed by atoms with E-state index in [0.29, 0.717) is 32.5 Å². The number of piperazine rings is 1. The van der Waals surface area contributed by atoms with E-state index in [0.717, 1.165) is 5.56 Å². The minimum Gasteiger partial charge on any atom is -0.468 e. The lowest BCUT2D eigenvalue weighted by atomic mass is 9.96. The highest BCUT2D eigenvalue weighted by Crippen LogP contribution is 2.42. The van der Waals surface area contributed by atoms with E-state index in [-0.39, 0.29) is 6.04 Å². The maximum absolute atomic E-state index is 12.4. The van der Waals surface area contributed by atoms with Crippen LogP contribution >= 0.6 is 0 Å². The Bertz CT molecular complexity index is 691. The van der Waals surface area contributed by atoms with Crippen LogP contribution in [0.3, 0.4) is 0 Å². The summed E-state index contributed by atoms with van der Waals surface area (Å²) >= 11 is 0. The van der Waals surface area contributed by atoms with Crippen molar-refractivity contribution in [3.63, 3.8) is 0 Å². The average molecular weight is 338 g/mol. The van der Waals surface area contributed by atoms with E-state index in [9.17, 15) is 13.2 Å². The summed E-state index contributed by atoms with van der Waals surface area (Å²) in [6.45, 7) is 1.71. The molecule has 0 saturated carbocycles. The topological polar surface area (TPSA) is 66.9 Å². The monoisotopic (exact) mass is 338 g/mol. The van der Waals surface area contributed by atoms with E-state index in [1.807, 2.05) is 30.3 Å². The van der Waals surface area contributed by atoms with Crippen LogP contribution in [0.1, 0.15) is 18.4 Å². The van der Waals surface area contributed by atoms with E-state index in [4.69, 9.17) is 4.74 Å². The van der Waals surface area contributed by atoms with Crippen molar-refractivity contribution < 1.29 is 17.9 Å². The fraction of sp³-hybridized carbons (Fsp3) is 0.562. The number of carbonyl (C=O) groups is 1. The Hall–Kier alpha value is -1.44. The number of rotatable bonds is 4. The van der Waals surface area contributed by atoms with E-state index < -0.39 is 21.5 Å². The zero-order chi connectivity index (χ0) is 16.7. The van der Waals surface area contributed by atoms with Crippen molar-refractivity contribution in [1.29, 1.82) is 0 Å². The fourth-order valence-corrected chi connectivity index (χ4v) is 5.60. The zero-order valence-electron chi connectivity index (χ0n) is 13.4. The highest BCUT2D eigenvalue weighted by Gasteiger charge is 2.60. The van der Waals surface area contributed by atoms with Gasteiger partial charge in [-0.15, -0.1) is 0 Å². The fourth-order valence-electron chi connectivity index (χ4n) is 4.03. The van der Waals surface area contributed by atoms with Gasteiger partial charge in [0.25, 0.3) is 0 Å². The first-order valence-electron chi connectivity index (χ1n) is 7.71. The molecule has 2 saturated heterocycles. The second kappa shape index (κ2) is 5.89. The summed E-state index contributed by atoms with van der Waals surface area (Å²) < 4.78 is 30.8. The van der Waals surface area contributed by atoms with E-state index >= 15 is 0 Å². The molecule has 2 bridgehead atoms. The molecule has 0 radical (unpaired) electrons. The minimum atomic E-state index is -3.47. The number of ether oxygens (including phenoxy) is 1. The van der Waals surface area contributed by atoms with Crippen molar-refractivity contribution in [2.75, 3.05) is 26.5 Å². The molecule has 23 heavy (non-hydrogen) atoms. The Balaban J connectivity index is 1.90. The molecule has 0 N–H and O–H groups in total. The number of nitrogens with zero attached hydrogens (tertiary/aromatic N) is 2. The minimum absolute atomic E-state index is 0.165. The number of benzene rings is 1. The van der Waals surface area contributed by atoms with Crippen LogP contribution in [0.4, 0.5) is 0 Å². The molecule has 0 amide bonds. The van der Waals surface area contributed by atoms with Crippen molar-refractivity contribution >= 4 is 16.0 Å². The number of likely N-dealkylation sites (tertiary alicyclic amines) is 1. The van der Waals surface area contributed by atoms with Crippen molar-refractivity contribution in [3.8, 4) is 0 Å². The van der Waals surface area contributed by atoms with Crippen molar-refractivity contribution in [3.05, 3.63) is 35.9 Å². The molecule has 1 aromatic rings. The zero-order valence-corrected chi connectivity index (χ0v) is 14.3. The second-order valence-corrected chi connectivity index (χ2v) is 8.29.